The highest BCUT2D eigenvalue weighted by molar-refractivity contribution is 9.10. The van der Waals surface area contributed by atoms with Gasteiger partial charge in [-0.1, -0.05) is 22.0 Å². The molecule has 5 nitrogen and oxygen atoms in total. The molecule has 1 heterocycles. The molecule has 0 saturated heterocycles. The third-order valence-electron chi connectivity index (χ3n) is 2.76. The molecule has 0 unspecified atom stereocenters. The molecule has 0 saturated carbocycles. The molecule has 0 radical (unpaired) electrons. The van der Waals surface area contributed by atoms with E-state index in [-0.39, 0.29) is 11.6 Å². The van der Waals surface area contributed by atoms with Crippen LogP contribution in [0.1, 0.15) is 11.3 Å². The van der Waals surface area contributed by atoms with Crippen molar-refractivity contribution in [1.82, 2.24) is 9.55 Å². The Labute approximate surface area is 119 Å². The number of hydrogen-bond donors (Lipinski definition) is 1. The fourth-order valence-corrected chi connectivity index (χ4v) is 2.30. The van der Waals surface area contributed by atoms with E-state index in [2.05, 4.69) is 20.9 Å². The number of aromatic nitrogens is 2. The third kappa shape index (κ3) is 2.78. The maximum atomic E-state index is 12.0. The molecule has 0 amide bonds. The van der Waals surface area contributed by atoms with Gasteiger partial charge < -0.3 is 10.5 Å². The van der Waals surface area contributed by atoms with E-state index in [0.29, 0.717) is 17.9 Å². The van der Waals surface area contributed by atoms with E-state index in [1.54, 1.807) is 13.0 Å². The molecule has 0 spiro atoms. The van der Waals surface area contributed by atoms with Gasteiger partial charge in [-0.05, 0) is 19.1 Å². The molecule has 0 atom stereocenters. The van der Waals surface area contributed by atoms with E-state index in [0.717, 1.165) is 10.0 Å². The first-order valence-electron chi connectivity index (χ1n) is 5.68. The van der Waals surface area contributed by atoms with Gasteiger partial charge in [0.2, 0.25) is 0 Å². The van der Waals surface area contributed by atoms with Crippen LogP contribution in [0.2, 0.25) is 0 Å². The summed E-state index contributed by atoms with van der Waals surface area (Å²) in [4.78, 5) is 16.2. The Morgan fingerprint density at radius 2 is 2.21 bits per heavy atom. The topological polar surface area (TPSA) is 70.1 Å². The first kappa shape index (κ1) is 13.6. The maximum absolute atomic E-state index is 12.0. The van der Waals surface area contributed by atoms with Crippen LogP contribution in [-0.4, -0.2) is 16.7 Å². The summed E-state index contributed by atoms with van der Waals surface area (Å²) in [6.45, 7) is 2.06. The standard InChI is InChI=1S/C13H14BrN3O2/c1-8-6-12(18)17(13(16-8)19-2)7-9-10(14)4-3-5-11(9)15/h3-6H,7,15H2,1-2H3. The van der Waals surface area contributed by atoms with Crippen LogP contribution in [0.4, 0.5) is 5.69 Å². The van der Waals surface area contributed by atoms with Crippen molar-refractivity contribution < 1.29 is 4.74 Å². The number of hydrogen-bond acceptors (Lipinski definition) is 4. The predicted molar refractivity (Wildman–Crippen MR) is 77.4 cm³/mol. The van der Waals surface area contributed by atoms with Gasteiger partial charge in [-0.25, -0.2) is 4.98 Å². The number of halogens is 1. The highest BCUT2D eigenvalue weighted by Crippen LogP contribution is 2.24. The predicted octanol–water partition coefficient (Wildman–Crippen LogP) is 1.95. The lowest BCUT2D eigenvalue weighted by atomic mass is 10.2. The zero-order valence-electron chi connectivity index (χ0n) is 10.7. The van der Waals surface area contributed by atoms with Gasteiger partial charge >= 0.3 is 0 Å². The van der Waals surface area contributed by atoms with Crippen LogP contribution in [0.3, 0.4) is 0 Å². The SMILES string of the molecule is COc1nc(C)cc(=O)n1Cc1c(N)cccc1Br. The van der Waals surface area contributed by atoms with Crippen LogP contribution in [0, 0.1) is 6.92 Å². The summed E-state index contributed by atoms with van der Waals surface area (Å²) < 4.78 is 7.45. The lowest BCUT2D eigenvalue weighted by molar-refractivity contribution is 0.350. The third-order valence-corrected chi connectivity index (χ3v) is 3.50. The summed E-state index contributed by atoms with van der Waals surface area (Å²) in [5.41, 5.74) is 7.83. The average Bonchev–Trinajstić information content (AvgIpc) is 2.35. The van der Waals surface area contributed by atoms with E-state index < -0.39 is 0 Å². The Morgan fingerprint density at radius 1 is 1.47 bits per heavy atom. The van der Waals surface area contributed by atoms with Gasteiger partial charge in [0, 0.05) is 27.5 Å². The van der Waals surface area contributed by atoms with Crippen LogP contribution in [0.15, 0.2) is 33.5 Å². The summed E-state index contributed by atoms with van der Waals surface area (Å²) >= 11 is 3.43. The van der Waals surface area contributed by atoms with Gasteiger partial charge in [0.15, 0.2) is 0 Å². The normalized spacial score (nSPS) is 10.5. The van der Waals surface area contributed by atoms with E-state index in [9.17, 15) is 4.79 Å². The van der Waals surface area contributed by atoms with Gasteiger partial charge in [0.25, 0.3) is 11.6 Å². The van der Waals surface area contributed by atoms with Crippen molar-refractivity contribution in [2.75, 3.05) is 12.8 Å². The molecule has 0 aliphatic heterocycles. The molecule has 2 aromatic rings. The van der Waals surface area contributed by atoms with Gasteiger partial charge in [0.05, 0.1) is 13.7 Å². The van der Waals surface area contributed by atoms with Crippen molar-refractivity contribution in [2.45, 2.75) is 13.5 Å². The van der Waals surface area contributed by atoms with Crippen LogP contribution >= 0.6 is 15.9 Å². The number of methoxy groups -OCH3 is 1. The molecular weight excluding hydrogens is 310 g/mol. The molecule has 19 heavy (non-hydrogen) atoms. The number of ether oxygens (including phenoxy) is 1. The molecule has 100 valence electrons. The monoisotopic (exact) mass is 323 g/mol. The quantitative estimate of drug-likeness (QED) is 0.876. The largest absolute Gasteiger partial charge is 0.468 e. The number of rotatable bonds is 3. The Bertz CT molecular complexity index is 647. The van der Waals surface area contributed by atoms with E-state index in [1.165, 1.54) is 17.7 Å². The van der Waals surface area contributed by atoms with Crippen LogP contribution in [0.5, 0.6) is 6.01 Å². The van der Waals surface area contributed by atoms with Gasteiger partial charge in [-0.3, -0.25) is 9.36 Å². The fourth-order valence-electron chi connectivity index (χ4n) is 1.80. The lowest BCUT2D eigenvalue weighted by Crippen LogP contribution is -2.23. The van der Waals surface area contributed by atoms with Crippen LogP contribution in [0.25, 0.3) is 0 Å². The summed E-state index contributed by atoms with van der Waals surface area (Å²) in [5, 5.41) is 0. The Morgan fingerprint density at radius 3 is 2.84 bits per heavy atom. The average molecular weight is 324 g/mol. The second-order valence-electron chi connectivity index (χ2n) is 4.12. The van der Waals surface area contributed by atoms with Crippen molar-refractivity contribution in [2.24, 2.45) is 0 Å². The summed E-state index contributed by atoms with van der Waals surface area (Å²) in [7, 11) is 1.49. The molecule has 1 aromatic heterocycles. The second-order valence-corrected chi connectivity index (χ2v) is 4.97. The number of nitrogen functional groups attached to an aromatic ring is 1. The summed E-state index contributed by atoms with van der Waals surface area (Å²) in [5.74, 6) is 0. The molecule has 0 bridgehead atoms. The molecule has 6 heteroatoms. The first-order chi connectivity index (χ1) is 9.02. The highest BCUT2D eigenvalue weighted by atomic mass is 79.9. The van der Waals surface area contributed by atoms with Crippen molar-refractivity contribution in [3.8, 4) is 6.01 Å². The molecule has 1 aromatic carbocycles. The summed E-state index contributed by atoms with van der Waals surface area (Å²) in [6.07, 6.45) is 0. The second kappa shape index (κ2) is 5.44. The number of anilines is 1. The van der Waals surface area contributed by atoms with E-state index in [1.807, 2.05) is 12.1 Å². The van der Waals surface area contributed by atoms with Gasteiger partial charge in [0.1, 0.15) is 0 Å². The minimum absolute atomic E-state index is 0.167. The molecule has 0 aliphatic rings. The molecule has 2 N–H and O–H groups in total. The van der Waals surface area contributed by atoms with E-state index in [4.69, 9.17) is 10.5 Å². The van der Waals surface area contributed by atoms with Crippen LogP contribution in [-0.2, 0) is 6.54 Å². The summed E-state index contributed by atoms with van der Waals surface area (Å²) in [6, 6.07) is 7.26. The van der Waals surface area contributed by atoms with Gasteiger partial charge in [-0.2, -0.15) is 0 Å². The van der Waals surface area contributed by atoms with Gasteiger partial charge in [-0.15, -0.1) is 0 Å². The fraction of sp³-hybridized carbons (Fsp3) is 0.231. The maximum Gasteiger partial charge on any atom is 0.299 e. The number of aryl methyl sites for hydroxylation is 1. The zero-order chi connectivity index (χ0) is 14.0. The smallest absolute Gasteiger partial charge is 0.299 e. The highest BCUT2D eigenvalue weighted by Gasteiger charge is 2.11. The minimum atomic E-state index is -0.167. The number of benzene rings is 1. The Hall–Kier alpha value is -1.82. The Kier molecular flexibility index (Phi) is 3.90. The molecule has 2 rings (SSSR count). The minimum Gasteiger partial charge on any atom is -0.468 e. The first-order valence-corrected chi connectivity index (χ1v) is 6.47. The van der Waals surface area contributed by atoms with Crippen molar-refractivity contribution in [3.05, 3.63) is 50.3 Å². The number of nitrogens with two attached hydrogens (primary N) is 1. The van der Waals surface area contributed by atoms with Crippen LogP contribution < -0.4 is 16.0 Å². The molecule has 0 fully saturated rings. The zero-order valence-corrected chi connectivity index (χ0v) is 12.3. The van der Waals surface area contributed by atoms with Crippen molar-refractivity contribution >= 4 is 21.6 Å². The number of nitrogens with zero attached hydrogens (tertiary/aromatic N) is 2. The molecular formula is C13H14BrN3O2. The van der Waals surface area contributed by atoms with Crippen molar-refractivity contribution in [1.29, 1.82) is 0 Å². The van der Waals surface area contributed by atoms with Crippen molar-refractivity contribution in [3.63, 3.8) is 0 Å². The lowest BCUT2D eigenvalue weighted by Gasteiger charge is -2.13. The van der Waals surface area contributed by atoms with E-state index >= 15 is 0 Å². The Balaban J connectivity index is 2.52. The molecule has 0 aliphatic carbocycles.